The molecule has 0 fully saturated rings. The van der Waals surface area contributed by atoms with Crippen molar-refractivity contribution in [3.8, 4) is 5.75 Å². The average Bonchev–Trinajstić information content (AvgIpc) is 2.28. The molecule has 1 aromatic rings. The lowest BCUT2D eigenvalue weighted by Crippen LogP contribution is -2.30. The Bertz CT molecular complexity index is 451. The Balaban J connectivity index is 2.81. The van der Waals surface area contributed by atoms with Crippen LogP contribution < -0.4 is 5.73 Å². The van der Waals surface area contributed by atoms with Gasteiger partial charge in [0.05, 0.1) is 10.6 Å². The molecule has 1 rings (SSSR count). The molecule has 0 radical (unpaired) electrons. The van der Waals surface area contributed by atoms with Gasteiger partial charge in [0.15, 0.2) is 0 Å². The molecule has 1 aromatic carbocycles. The zero-order valence-corrected chi connectivity index (χ0v) is 10.1. The molecule has 0 aliphatic carbocycles. The van der Waals surface area contributed by atoms with Crippen molar-refractivity contribution in [2.75, 3.05) is 13.6 Å². The van der Waals surface area contributed by atoms with Crippen molar-refractivity contribution in [1.82, 2.24) is 4.90 Å². The molecule has 0 aliphatic heterocycles. The normalized spacial score (nSPS) is 10.0. The van der Waals surface area contributed by atoms with Crippen LogP contribution in [0.4, 0.5) is 4.39 Å². The summed E-state index contributed by atoms with van der Waals surface area (Å²) in [5, 5.41) is 9.47. The molecule has 0 heterocycles. The average molecular weight is 256 g/mol. The number of benzene rings is 1. The summed E-state index contributed by atoms with van der Waals surface area (Å²) in [5.74, 6) is -1.30. The van der Waals surface area contributed by atoms with Gasteiger partial charge in [-0.15, -0.1) is 0 Å². The van der Waals surface area contributed by atoms with Gasteiger partial charge in [-0.05, 0) is 18.2 Å². The minimum absolute atomic E-state index is 0.0737. The smallest absolute Gasteiger partial charge is 0.257 e. The number of aromatic hydroxyl groups is 1. The molecule has 0 aliphatic rings. The highest BCUT2D eigenvalue weighted by Gasteiger charge is 2.16. The molecule has 3 N–H and O–H groups in total. The van der Waals surface area contributed by atoms with E-state index >= 15 is 0 Å². The van der Waals surface area contributed by atoms with Crippen LogP contribution in [0.3, 0.4) is 0 Å². The van der Waals surface area contributed by atoms with Crippen LogP contribution in [0.15, 0.2) is 18.2 Å². The molecular weight excluding hydrogens is 243 g/mol. The highest BCUT2D eigenvalue weighted by Crippen LogP contribution is 2.19. The first-order chi connectivity index (χ1) is 7.91. The van der Waals surface area contributed by atoms with E-state index in [4.69, 9.17) is 18.0 Å². The quantitative estimate of drug-likeness (QED) is 0.796. The van der Waals surface area contributed by atoms with E-state index in [1.807, 2.05) is 0 Å². The van der Waals surface area contributed by atoms with Gasteiger partial charge in [0.25, 0.3) is 5.91 Å². The number of halogens is 1. The van der Waals surface area contributed by atoms with Crippen LogP contribution in [0.1, 0.15) is 16.8 Å². The molecule has 4 nitrogen and oxygen atoms in total. The van der Waals surface area contributed by atoms with Gasteiger partial charge in [-0.1, -0.05) is 12.2 Å². The van der Waals surface area contributed by atoms with E-state index in [0.717, 1.165) is 18.2 Å². The first-order valence-corrected chi connectivity index (χ1v) is 5.35. The zero-order valence-electron chi connectivity index (χ0n) is 9.31. The molecule has 0 unspecified atom stereocenters. The minimum atomic E-state index is -0.575. The van der Waals surface area contributed by atoms with E-state index in [9.17, 15) is 14.3 Å². The number of phenols is 1. The number of carbonyl (C=O) groups excluding carboxylic acids is 1. The Morgan fingerprint density at radius 3 is 2.82 bits per heavy atom. The van der Waals surface area contributed by atoms with Crippen molar-refractivity contribution in [2.24, 2.45) is 5.73 Å². The molecule has 6 heteroatoms. The third kappa shape index (κ3) is 3.67. The molecule has 0 saturated heterocycles. The van der Waals surface area contributed by atoms with Crippen molar-refractivity contribution >= 4 is 23.1 Å². The minimum Gasteiger partial charge on any atom is -0.507 e. The highest BCUT2D eigenvalue weighted by atomic mass is 32.1. The molecule has 17 heavy (non-hydrogen) atoms. The monoisotopic (exact) mass is 256 g/mol. The van der Waals surface area contributed by atoms with Gasteiger partial charge >= 0.3 is 0 Å². The summed E-state index contributed by atoms with van der Waals surface area (Å²) >= 11 is 4.69. The SMILES string of the molecule is CN(CCC(N)=S)C(=O)c1cc(F)ccc1O. The van der Waals surface area contributed by atoms with E-state index in [2.05, 4.69) is 0 Å². The maximum absolute atomic E-state index is 13.0. The van der Waals surface area contributed by atoms with Crippen LogP contribution in [0.25, 0.3) is 0 Å². The summed E-state index contributed by atoms with van der Waals surface area (Å²) in [7, 11) is 1.53. The van der Waals surface area contributed by atoms with Crippen molar-refractivity contribution < 1.29 is 14.3 Å². The lowest BCUT2D eigenvalue weighted by atomic mass is 10.1. The summed E-state index contributed by atoms with van der Waals surface area (Å²) in [5.41, 5.74) is 5.24. The lowest BCUT2D eigenvalue weighted by Gasteiger charge is -2.17. The Morgan fingerprint density at radius 1 is 1.59 bits per heavy atom. The Labute approximate surface area is 104 Å². The van der Waals surface area contributed by atoms with Crippen molar-refractivity contribution in [3.63, 3.8) is 0 Å². The molecule has 0 bridgehead atoms. The predicted molar refractivity (Wildman–Crippen MR) is 66.4 cm³/mol. The van der Waals surface area contributed by atoms with Crippen molar-refractivity contribution in [1.29, 1.82) is 0 Å². The molecule has 0 aromatic heterocycles. The number of nitrogens with zero attached hydrogens (tertiary/aromatic N) is 1. The van der Waals surface area contributed by atoms with Crippen LogP contribution in [0.5, 0.6) is 5.75 Å². The van der Waals surface area contributed by atoms with Gasteiger partial charge in [0.2, 0.25) is 0 Å². The predicted octanol–water partition coefficient (Wildman–Crippen LogP) is 1.28. The Kier molecular flexibility index (Phi) is 4.39. The number of rotatable bonds is 4. The maximum Gasteiger partial charge on any atom is 0.257 e. The van der Waals surface area contributed by atoms with E-state index < -0.39 is 11.7 Å². The van der Waals surface area contributed by atoms with Gasteiger partial charge in [0.1, 0.15) is 11.6 Å². The van der Waals surface area contributed by atoms with Crippen LogP contribution >= 0.6 is 12.2 Å². The summed E-state index contributed by atoms with van der Waals surface area (Å²) in [6.07, 6.45) is 0.383. The van der Waals surface area contributed by atoms with Gasteiger partial charge in [0, 0.05) is 20.0 Å². The van der Waals surface area contributed by atoms with Gasteiger partial charge in [-0.2, -0.15) is 0 Å². The summed E-state index contributed by atoms with van der Waals surface area (Å²) in [4.78, 5) is 13.5. The van der Waals surface area contributed by atoms with Gasteiger partial charge in [-0.25, -0.2) is 4.39 Å². The molecular formula is C11H13FN2O2S. The second-order valence-corrected chi connectivity index (χ2v) is 4.13. The van der Waals surface area contributed by atoms with Crippen LogP contribution in [-0.2, 0) is 0 Å². The highest BCUT2D eigenvalue weighted by molar-refractivity contribution is 7.80. The van der Waals surface area contributed by atoms with E-state index in [-0.39, 0.29) is 11.3 Å². The Hall–Kier alpha value is -1.69. The van der Waals surface area contributed by atoms with E-state index in [1.165, 1.54) is 11.9 Å². The fourth-order valence-corrected chi connectivity index (χ4v) is 1.36. The number of thiocarbonyl (C=S) groups is 1. The van der Waals surface area contributed by atoms with Crippen LogP contribution in [0.2, 0.25) is 0 Å². The molecule has 0 saturated carbocycles. The van der Waals surface area contributed by atoms with Crippen molar-refractivity contribution in [2.45, 2.75) is 6.42 Å². The summed E-state index contributed by atoms with van der Waals surface area (Å²) < 4.78 is 13.0. The number of nitrogens with two attached hydrogens (primary N) is 1. The van der Waals surface area contributed by atoms with Crippen LogP contribution in [0, 0.1) is 5.82 Å². The molecule has 1 amide bonds. The first-order valence-electron chi connectivity index (χ1n) is 4.94. The number of carbonyl (C=O) groups is 1. The number of hydrogen-bond acceptors (Lipinski definition) is 3. The number of amides is 1. The Morgan fingerprint density at radius 2 is 2.24 bits per heavy atom. The summed E-state index contributed by atoms with van der Waals surface area (Å²) in [6.45, 7) is 0.324. The second-order valence-electron chi connectivity index (χ2n) is 3.60. The molecule has 0 atom stereocenters. The first kappa shape index (κ1) is 13.4. The number of hydrogen-bond donors (Lipinski definition) is 2. The van der Waals surface area contributed by atoms with Crippen molar-refractivity contribution in [3.05, 3.63) is 29.6 Å². The van der Waals surface area contributed by atoms with Gasteiger partial charge in [-0.3, -0.25) is 4.79 Å². The fourth-order valence-electron chi connectivity index (χ4n) is 1.26. The number of phenolic OH excluding ortho intramolecular Hbond substituents is 1. The summed E-state index contributed by atoms with van der Waals surface area (Å²) in [6, 6.07) is 3.22. The molecule has 92 valence electrons. The topological polar surface area (TPSA) is 66.6 Å². The van der Waals surface area contributed by atoms with Gasteiger partial charge < -0.3 is 15.7 Å². The van der Waals surface area contributed by atoms with Crippen LogP contribution in [-0.4, -0.2) is 34.5 Å². The largest absolute Gasteiger partial charge is 0.507 e. The maximum atomic E-state index is 13.0. The third-order valence-corrected chi connectivity index (χ3v) is 2.43. The standard InChI is InChI=1S/C11H13FN2O2S/c1-14(5-4-10(13)17)11(16)8-6-7(12)2-3-9(8)15/h2-3,6,15H,4-5H2,1H3,(H2,13,17). The van der Waals surface area contributed by atoms with E-state index in [1.54, 1.807) is 0 Å². The molecule has 0 spiro atoms. The third-order valence-electron chi connectivity index (χ3n) is 2.23. The van der Waals surface area contributed by atoms with E-state index in [0.29, 0.717) is 18.0 Å². The second kappa shape index (κ2) is 5.58. The zero-order chi connectivity index (χ0) is 13.0. The lowest BCUT2D eigenvalue weighted by molar-refractivity contribution is 0.0795. The fraction of sp³-hybridized carbons (Fsp3) is 0.273.